The van der Waals surface area contributed by atoms with Gasteiger partial charge in [0.05, 0.1) is 7.11 Å². The Morgan fingerprint density at radius 2 is 1.30 bits per heavy atom. The molecule has 0 radical (unpaired) electrons. The van der Waals surface area contributed by atoms with Crippen LogP contribution in [0.25, 0.3) is 33.5 Å². The molecule has 1 heterocycles. The normalized spacial score (nSPS) is 11.8. The van der Waals surface area contributed by atoms with E-state index < -0.39 is 6.04 Å². The van der Waals surface area contributed by atoms with Crippen LogP contribution in [0.5, 0.6) is 5.75 Å². The second kappa shape index (κ2) is 9.15. The van der Waals surface area contributed by atoms with Gasteiger partial charge < -0.3 is 14.9 Å². The third-order valence-corrected chi connectivity index (χ3v) is 5.74. The molecule has 1 unspecified atom stereocenters. The number of hydrogen-bond donors (Lipinski definition) is 1. The number of ether oxygens (including phenoxy) is 1. The Bertz CT molecular complexity index is 1300. The Kier molecular flexibility index (Phi) is 5.75. The lowest BCUT2D eigenvalue weighted by Gasteiger charge is -2.19. The van der Waals surface area contributed by atoms with E-state index in [1.165, 1.54) is 0 Å². The van der Waals surface area contributed by atoms with Gasteiger partial charge in [-0.3, -0.25) is 0 Å². The van der Waals surface area contributed by atoms with Gasteiger partial charge in [-0.05, 0) is 39.9 Å². The highest BCUT2D eigenvalue weighted by Crippen LogP contribution is 2.38. The fourth-order valence-electron chi connectivity index (χ4n) is 4.11. The number of methoxy groups -OCH3 is 1. The summed E-state index contributed by atoms with van der Waals surface area (Å²) in [5.41, 5.74) is 13.8. The zero-order valence-corrected chi connectivity index (χ0v) is 18.3. The summed E-state index contributed by atoms with van der Waals surface area (Å²) in [5, 5.41) is 0. The number of nitrogens with two attached hydrogens (primary N) is 1. The Balaban J connectivity index is 1.63. The maximum Gasteiger partial charge on any atom is 0.216 e. The van der Waals surface area contributed by atoms with Crippen molar-refractivity contribution >= 4 is 0 Å². The quantitative estimate of drug-likeness (QED) is 0.323. The van der Waals surface area contributed by atoms with Gasteiger partial charge in [0.2, 0.25) is 5.89 Å². The maximum absolute atomic E-state index is 6.86. The SMILES string of the molecule is COc1cccc(-c2coc(C(N)c3c(-c4ccccc4)cccc3-c3ccccc3)n2)c1. The Hall–Kier alpha value is -4.15. The second-order valence-corrected chi connectivity index (χ2v) is 7.78. The lowest BCUT2D eigenvalue weighted by Crippen LogP contribution is -2.15. The van der Waals surface area contributed by atoms with Gasteiger partial charge in [-0.2, -0.15) is 0 Å². The first kappa shape index (κ1) is 20.7. The number of benzene rings is 4. The predicted molar refractivity (Wildman–Crippen MR) is 132 cm³/mol. The van der Waals surface area contributed by atoms with Gasteiger partial charge in [0.15, 0.2) is 0 Å². The first-order valence-electron chi connectivity index (χ1n) is 10.8. The molecule has 4 aromatic carbocycles. The average Bonchev–Trinajstić information content (AvgIpc) is 3.39. The standard InChI is InChI=1S/C29H24N2O2/c1-32-23-15-8-14-22(18-23)26-19-33-29(31-26)28(30)27-24(20-10-4-2-5-11-20)16-9-17-25(27)21-12-6-3-7-13-21/h2-19,28H,30H2,1H3. The van der Waals surface area contributed by atoms with Crippen molar-refractivity contribution in [1.29, 1.82) is 0 Å². The van der Waals surface area contributed by atoms with Crippen LogP contribution < -0.4 is 10.5 Å². The fraction of sp³-hybridized carbons (Fsp3) is 0.0690. The summed E-state index contributed by atoms with van der Waals surface area (Å²) in [6.07, 6.45) is 1.65. The summed E-state index contributed by atoms with van der Waals surface area (Å²) < 4.78 is 11.3. The molecule has 1 atom stereocenters. The lowest BCUT2D eigenvalue weighted by atomic mass is 9.88. The van der Waals surface area contributed by atoms with E-state index >= 15 is 0 Å². The van der Waals surface area contributed by atoms with Crippen molar-refractivity contribution in [3.05, 3.63) is 121 Å². The van der Waals surface area contributed by atoms with Crippen LogP contribution in [0.3, 0.4) is 0 Å². The molecule has 5 aromatic rings. The summed E-state index contributed by atoms with van der Waals surface area (Å²) in [5.74, 6) is 1.23. The van der Waals surface area contributed by atoms with E-state index in [1.807, 2.05) is 60.7 Å². The molecule has 0 spiro atoms. The van der Waals surface area contributed by atoms with Crippen molar-refractivity contribution in [2.45, 2.75) is 6.04 Å². The van der Waals surface area contributed by atoms with Crippen LogP contribution in [0.15, 0.2) is 114 Å². The van der Waals surface area contributed by atoms with Crippen LogP contribution in [-0.2, 0) is 0 Å². The zero-order chi connectivity index (χ0) is 22.6. The molecule has 0 saturated carbocycles. The average molecular weight is 433 g/mol. The Morgan fingerprint density at radius 1 is 0.727 bits per heavy atom. The third-order valence-electron chi connectivity index (χ3n) is 5.74. The lowest BCUT2D eigenvalue weighted by molar-refractivity contribution is 0.415. The maximum atomic E-state index is 6.86. The molecule has 5 rings (SSSR count). The van der Waals surface area contributed by atoms with Gasteiger partial charge in [-0.25, -0.2) is 4.98 Å². The molecule has 0 fully saturated rings. The minimum Gasteiger partial charge on any atom is -0.497 e. The van der Waals surface area contributed by atoms with Gasteiger partial charge in [-0.1, -0.05) is 91.0 Å². The Morgan fingerprint density at radius 3 is 1.91 bits per heavy atom. The van der Waals surface area contributed by atoms with E-state index in [2.05, 4.69) is 42.5 Å². The van der Waals surface area contributed by atoms with Crippen LogP contribution in [0.2, 0.25) is 0 Å². The minimum absolute atomic E-state index is 0.466. The molecule has 0 aliphatic carbocycles. The molecule has 0 saturated heterocycles. The molecule has 162 valence electrons. The molecule has 33 heavy (non-hydrogen) atoms. The summed E-state index contributed by atoms with van der Waals surface area (Å²) in [7, 11) is 1.65. The summed E-state index contributed by atoms with van der Waals surface area (Å²) in [6, 6.07) is 34.0. The van der Waals surface area contributed by atoms with Crippen molar-refractivity contribution in [3.63, 3.8) is 0 Å². The van der Waals surface area contributed by atoms with Crippen molar-refractivity contribution in [2.24, 2.45) is 5.73 Å². The first-order valence-corrected chi connectivity index (χ1v) is 10.8. The van der Waals surface area contributed by atoms with E-state index in [1.54, 1.807) is 13.4 Å². The second-order valence-electron chi connectivity index (χ2n) is 7.78. The largest absolute Gasteiger partial charge is 0.497 e. The molecule has 0 amide bonds. The van der Waals surface area contributed by atoms with Crippen molar-refractivity contribution in [1.82, 2.24) is 4.98 Å². The van der Waals surface area contributed by atoms with Gasteiger partial charge in [-0.15, -0.1) is 0 Å². The van der Waals surface area contributed by atoms with Crippen LogP contribution in [-0.4, -0.2) is 12.1 Å². The molecule has 0 aliphatic rings. The number of nitrogens with zero attached hydrogens (tertiary/aromatic N) is 1. The van der Waals surface area contributed by atoms with Crippen molar-refractivity contribution < 1.29 is 9.15 Å². The van der Waals surface area contributed by atoms with Crippen LogP contribution in [0, 0.1) is 0 Å². The smallest absolute Gasteiger partial charge is 0.216 e. The topological polar surface area (TPSA) is 61.3 Å². The molecule has 2 N–H and O–H groups in total. The van der Waals surface area contributed by atoms with Gasteiger partial charge in [0, 0.05) is 5.56 Å². The van der Waals surface area contributed by atoms with Gasteiger partial charge in [0.1, 0.15) is 23.7 Å². The number of oxazole rings is 1. The van der Waals surface area contributed by atoms with Crippen LogP contribution in [0.4, 0.5) is 0 Å². The predicted octanol–water partition coefficient (Wildman–Crippen LogP) is 6.73. The number of hydrogen-bond acceptors (Lipinski definition) is 4. The van der Waals surface area contributed by atoms with Crippen LogP contribution >= 0.6 is 0 Å². The van der Waals surface area contributed by atoms with Crippen molar-refractivity contribution in [3.8, 4) is 39.3 Å². The molecule has 1 aromatic heterocycles. The van der Waals surface area contributed by atoms with Crippen molar-refractivity contribution in [2.75, 3.05) is 7.11 Å². The highest BCUT2D eigenvalue weighted by Gasteiger charge is 2.23. The molecule has 0 aliphatic heterocycles. The highest BCUT2D eigenvalue weighted by atomic mass is 16.5. The minimum atomic E-state index is -0.545. The Labute approximate surface area is 193 Å². The third kappa shape index (κ3) is 4.16. The number of rotatable bonds is 6. The summed E-state index contributed by atoms with van der Waals surface area (Å²) in [6.45, 7) is 0. The van der Waals surface area contributed by atoms with E-state index in [0.29, 0.717) is 5.89 Å². The molecular formula is C29H24N2O2. The first-order chi connectivity index (χ1) is 16.2. The van der Waals surface area contributed by atoms with E-state index in [-0.39, 0.29) is 0 Å². The summed E-state index contributed by atoms with van der Waals surface area (Å²) in [4.78, 5) is 4.75. The number of aromatic nitrogens is 1. The monoisotopic (exact) mass is 432 g/mol. The van der Waals surface area contributed by atoms with E-state index in [9.17, 15) is 0 Å². The molecule has 4 heteroatoms. The molecule has 4 nitrogen and oxygen atoms in total. The van der Waals surface area contributed by atoms with Gasteiger partial charge >= 0.3 is 0 Å². The van der Waals surface area contributed by atoms with Gasteiger partial charge in [0.25, 0.3) is 0 Å². The van der Waals surface area contributed by atoms with E-state index in [0.717, 1.165) is 44.8 Å². The van der Waals surface area contributed by atoms with Crippen LogP contribution in [0.1, 0.15) is 17.5 Å². The molecular weight excluding hydrogens is 408 g/mol. The highest BCUT2D eigenvalue weighted by molar-refractivity contribution is 5.80. The zero-order valence-electron chi connectivity index (χ0n) is 18.3. The fourth-order valence-corrected chi connectivity index (χ4v) is 4.11. The van der Waals surface area contributed by atoms with E-state index in [4.69, 9.17) is 19.9 Å². The molecule has 0 bridgehead atoms. The summed E-state index contributed by atoms with van der Waals surface area (Å²) >= 11 is 0.